The van der Waals surface area contributed by atoms with Gasteiger partial charge in [0, 0.05) is 24.3 Å². The van der Waals surface area contributed by atoms with E-state index in [1.165, 1.54) is 25.1 Å². The van der Waals surface area contributed by atoms with Gasteiger partial charge in [0.05, 0.1) is 11.6 Å². The fraction of sp³-hybridized carbons (Fsp3) is 0.300. The van der Waals surface area contributed by atoms with Gasteiger partial charge in [0.25, 0.3) is 0 Å². The molecule has 0 saturated carbocycles. The Bertz CT molecular complexity index is 853. The van der Waals surface area contributed by atoms with Crippen LogP contribution >= 0.6 is 0 Å². The van der Waals surface area contributed by atoms with Crippen LogP contribution in [0, 0.1) is 0 Å². The van der Waals surface area contributed by atoms with Gasteiger partial charge in [-0.3, -0.25) is 14.9 Å². The van der Waals surface area contributed by atoms with Crippen molar-refractivity contribution in [3.8, 4) is 0 Å². The summed E-state index contributed by atoms with van der Waals surface area (Å²) in [5, 5.41) is 8.19. The van der Waals surface area contributed by atoms with Gasteiger partial charge < -0.3 is 10.6 Å². The van der Waals surface area contributed by atoms with E-state index in [4.69, 9.17) is 0 Å². The highest BCUT2D eigenvalue weighted by atomic mass is 19.4. The first-order chi connectivity index (χ1) is 13.1. The Morgan fingerprint density at radius 2 is 1.54 bits per heavy atom. The highest BCUT2D eigenvalue weighted by Crippen LogP contribution is 2.34. The second-order valence-corrected chi connectivity index (χ2v) is 6.45. The molecule has 2 aromatic carbocycles. The summed E-state index contributed by atoms with van der Waals surface area (Å²) < 4.78 is 39.6. The van der Waals surface area contributed by atoms with Crippen LogP contribution in [0.4, 0.5) is 24.5 Å². The van der Waals surface area contributed by atoms with Crippen molar-refractivity contribution >= 4 is 23.2 Å². The molecule has 0 bridgehead atoms. The summed E-state index contributed by atoms with van der Waals surface area (Å²) in [4.78, 5) is 23.5. The first-order valence-corrected chi connectivity index (χ1v) is 8.68. The molecule has 0 fully saturated rings. The molecule has 2 rings (SSSR count). The number of rotatable bonds is 6. The molecule has 2 amide bonds. The second-order valence-electron chi connectivity index (χ2n) is 6.45. The lowest BCUT2D eigenvalue weighted by atomic mass is 10.0. The van der Waals surface area contributed by atoms with Crippen LogP contribution in [0.15, 0.2) is 48.5 Å². The number of amides is 2. The normalized spacial score (nSPS) is 13.5. The van der Waals surface area contributed by atoms with E-state index >= 15 is 0 Å². The third-order valence-corrected chi connectivity index (χ3v) is 4.08. The van der Waals surface area contributed by atoms with E-state index in [1.54, 1.807) is 38.1 Å². The first-order valence-electron chi connectivity index (χ1n) is 8.68. The number of anilines is 2. The van der Waals surface area contributed by atoms with Crippen molar-refractivity contribution in [3.63, 3.8) is 0 Å². The minimum Gasteiger partial charge on any atom is -0.326 e. The summed E-state index contributed by atoms with van der Waals surface area (Å²) in [7, 11) is 0. The Balaban J connectivity index is 2.06. The number of alkyl halides is 3. The molecular weight excluding hydrogens is 371 g/mol. The van der Waals surface area contributed by atoms with Crippen LogP contribution in [0.5, 0.6) is 0 Å². The van der Waals surface area contributed by atoms with Gasteiger partial charge in [-0.25, -0.2) is 0 Å². The predicted molar refractivity (Wildman–Crippen MR) is 102 cm³/mol. The lowest BCUT2D eigenvalue weighted by Gasteiger charge is -2.23. The average molecular weight is 393 g/mol. The van der Waals surface area contributed by atoms with E-state index in [1.807, 2.05) is 0 Å². The molecule has 0 aliphatic carbocycles. The van der Waals surface area contributed by atoms with E-state index < -0.39 is 29.7 Å². The van der Waals surface area contributed by atoms with E-state index in [0.29, 0.717) is 11.4 Å². The van der Waals surface area contributed by atoms with E-state index in [-0.39, 0.29) is 11.5 Å². The number of nitrogens with one attached hydrogen (secondary N) is 3. The van der Waals surface area contributed by atoms with Gasteiger partial charge in [0.1, 0.15) is 0 Å². The zero-order chi connectivity index (χ0) is 20.9. The van der Waals surface area contributed by atoms with Gasteiger partial charge in [-0.2, -0.15) is 13.2 Å². The molecule has 28 heavy (non-hydrogen) atoms. The number of halogens is 3. The van der Waals surface area contributed by atoms with Crippen molar-refractivity contribution in [2.75, 3.05) is 10.6 Å². The quantitative estimate of drug-likeness (QED) is 0.684. The summed E-state index contributed by atoms with van der Waals surface area (Å²) in [6.07, 6.45) is -4.47. The molecule has 5 nitrogen and oxygen atoms in total. The van der Waals surface area contributed by atoms with Crippen molar-refractivity contribution in [2.24, 2.45) is 0 Å². The molecule has 0 unspecified atom stereocenters. The second kappa shape index (κ2) is 8.88. The first kappa shape index (κ1) is 21.4. The smallest absolute Gasteiger partial charge is 0.326 e. The third kappa shape index (κ3) is 5.82. The minimum atomic E-state index is -4.47. The van der Waals surface area contributed by atoms with Crippen LogP contribution in [0.3, 0.4) is 0 Å². The molecular formula is C20H22F3N3O2. The summed E-state index contributed by atoms with van der Waals surface area (Å²) in [6, 6.07) is 10.4. The summed E-state index contributed by atoms with van der Waals surface area (Å²) in [5.41, 5.74) is 0.333. The molecule has 8 heteroatoms. The maximum atomic E-state index is 13.2. The van der Waals surface area contributed by atoms with Crippen molar-refractivity contribution < 1.29 is 22.8 Å². The average Bonchev–Trinajstić information content (AvgIpc) is 2.60. The summed E-state index contributed by atoms with van der Waals surface area (Å²) >= 11 is 0. The highest BCUT2D eigenvalue weighted by Gasteiger charge is 2.34. The van der Waals surface area contributed by atoms with Gasteiger partial charge in [0.15, 0.2) is 0 Å². The number of hydrogen-bond acceptors (Lipinski definition) is 3. The number of carbonyl (C=O) groups is 2. The summed E-state index contributed by atoms with van der Waals surface area (Å²) in [6.45, 7) is 4.52. The van der Waals surface area contributed by atoms with E-state index in [2.05, 4.69) is 16.0 Å². The van der Waals surface area contributed by atoms with Gasteiger partial charge in [-0.05, 0) is 43.7 Å². The Kier molecular flexibility index (Phi) is 6.80. The zero-order valence-electron chi connectivity index (χ0n) is 15.7. The Hall–Kier alpha value is -2.87. The maximum absolute atomic E-state index is 13.2. The molecule has 0 aromatic heterocycles. The monoisotopic (exact) mass is 393 g/mol. The van der Waals surface area contributed by atoms with Crippen LogP contribution in [0.2, 0.25) is 0 Å². The molecule has 2 aromatic rings. The Morgan fingerprint density at radius 1 is 0.929 bits per heavy atom. The topological polar surface area (TPSA) is 70.2 Å². The van der Waals surface area contributed by atoms with Crippen molar-refractivity contribution in [3.05, 3.63) is 59.7 Å². The maximum Gasteiger partial charge on any atom is 0.416 e. The standard InChI is InChI=1S/C20H22F3N3O2/c1-12(17-9-4-5-10-18(17)20(21,22)23)24-13(2)19(28)26-16-8-6-7-15(11-16)25-14(3)27/h4-13,24H,1-3H3,(H,25,27)(H,26,28)/t12-,13-/m1/s1. The predicted octanol–water partition coefficient (Wildman–Crippen LogP) is 4.34. The van der Waals surface area contributed by atoms with Gasteiger partial charge in [0.2, 0.25) is 11.8 Å². The van der Waals surface area contributed by atoms with Crippen LogP contribution < -0.4 is 16.0 Å². The van der Waals surface area contributed by atoms with Crippen LogP contribution in [-0.4, -0.2) is 17.9 Å². The lowest BCUT2D eigenvalue weighted by molar-refractivity contribution is -0.138. The molecule has 0 saturated heterocycles. The molecule has 0 radical (unpaired) electrons. The molecule has 150 valence electrons. The van der Waals surface area contributed by atoms with E-state index in [0.717, 1.165) is 6.07 Å². The van der Waals surface area contributed by atoms with Gasteiger partial charge in [-0.15, -0.1) is 0 Å². The molecule has 2 atom stereocenters. The molecule has 0 aliphatic heterocycles. The fourth-order valence-corrected chi connectivity index (χ4v) is 2.80. The lowest BCUT2D eigenvalue weighted by Crippen LogP contribution is -2.39. The largest absolute Gasteiger partial charge is 0.416 e. The molecule has 0 aliphatic rings. The molecule has 0 heterocycles. The molecule has 3 N–H and O–H groups in total. The fourth-order valence-electron chi connectivity index (χ4n) is 2.80. The summed E-state index contributed by atoms with van der Waals surface area (Å²) in [5.74, 6) is -0.646. The van der Waals surface area contributed by atoms with Gasteiger partial charge in [-0.1, -0.05) is 24.3 Å². The van der Waals surface area contributed by atoms with Crippen LogP contribution in [0.1, 0.15) is 37.9 Å². The Labute approximate surface area is 161 Å². The van der Waals surface area contributed by atoms with Crippen LogP contribution in [-0.2, 0) is 15.8 Å². The molecule has 0 spiro atoms. The zero-order valence-corrected chi connectivity index (χ0v) is 15.7. The van der Waals surface area contributed by atoms with Crippen molar-refractivity contribution in [2.45, 2.75) is 39.0 Å². The third-order valence-electron chi connectivity index (χ3n) is 4.08. The number of carbonyl (C=O) groups excluding carboxylic acids is 2. The SMILES string of the molecule is CC(=O)Nc1cccc(NC(=O)[C@@H](C)N[C@H](C)c2ccccc2C(F)(F)F)c1. The number of hydrogen-bond donors (Lipinski definition) is 3. The van der Waals surface area contributed by atoms with Crippen molar-refractivity contribution in [1.82, 2.24) is 5.32 Å². The minimum absolute atomic E-state index is 0.0716. The van der Waals surface area contributed by atoms with Crippen LogP contribution in [0.25, 0.3) is 0 Å². The Morgan fingerprint density at radius 3 is 2.14 bits per heavy atom. The van der Waals surface area contributed by atoms with Crippen molar-refractivity contribution in [1.29, 1.82) is 0 Å². The van der Waals surface area contributed by atoms with Gasteiger partial charge >= 0.3 is 6.18 Å². The van der Waals surface area contributed by atoms with E-state index in [9.17, 15) is 22.8 Å². The number of benzene rings is 2. The highest BCUT2D eigenvalue weighted by molar-refractivity contribution is 5.96.